The molecule has 0 amide bonds. The molecule has 0 atom stereocenters. The third-order valence-corrected chi connectivity index (χ3v) is 3.83. The summed E-state index contributed by atoms with van der Waals surface area (Å²) in [5.74, 6) is -0.699. The fourth-order valence-corrected chi connectivity index (χ4v) is 2.35. The standard InChI is InChI=1S/C22H23FO7/c1-15(2)22(25)30-19-6-4-16(12-18(19)23)17-5-7-20(28-11-9-27-14-24)21(13-17)29-10-8-26-3/h4-7,12-14H,1,8-11H2,2-3H3. The molecule has 0 fully saturated rings. The number of carbonyl (C=O) groups excluding carboxylic acids is 2. The third-order valence-electron chi connectivity index (χ3n) is 3.83. The Labute approximate surface area is 174 Å². The molecular formula is C22H23FO7. The van der Waals surface area contributed by atoms with Crippen molar-refractivity contribution >= 4 is 12.4 Å². The maximum absolute atomic E-state index is 14.4. The maximum atomic E-state index is 14.4. The van der Waals surface area contributed by atoms with Crippen LogP contribution in [0.2, 0.25) is 0 Å². The highest BCUT2D eigenvalue weighted by Gasteiger charge is 2.13. The zero-order chi connectivity index (χ0) is 21.9. The number of esters is 1. The summed E-state index contributed by atoms with van der Waals surface area (Å²) in [4.78, 5) is 21.8. The Bertz CT molecular complexity index is 895. The van der Waals surface area contributed by atoms with E-state index in [0.717, 1.165) is 0 Å². The lowest BCUT2D eigenvalue weighted by Crippen LogP contribution is -2.09. The second-order valence-corrected chi connectivity index (χ2v) is 6.13. The van der Waals surface area contributed by atoms with E-state index >= 15 is 0 Å². The summed E-state index contributed by atoms with van der Waals surface area (Å²) >= 11 is 0. The van der Waals surface area contributed by atoms with Gasteiger partial charge < -0.3 is 23.7 Å². The Balaban J connectivity index is 2.23. The molecule has 0 radical (unpaired) electrons. The molecule has 2 aromatic rings. The molecule has 8 heteroatoms. The maximum Gasteiger partial charge on any atom is 0.338 e. The van der Waals surface area contributed by atoms with Crippen molar-refractivity contribution in [3.05, 3.63) is 54.4 Å². The van der Waals surface area contributed by atoms with Gasteiger partial charge >= 0.3 is 5.97 Å². The number of ether oxygens (including phenoxy) is 5. The first-order chi connectivity index (χ1) is 14.5. The summed E-state index contributed by atoms with van der Waals surface area (Å²) in [5.41, 5.74) is 1.39. The van der Waals surface area contributed by atoms with Crippen molar-refractivity contribution in [1.29, 1.82) is 0 Å². The van der Waals surface area contributed by atoms with Crippen molar-refractivity contribution in [2.75, 3.05) is 33.5 Å². The van der Waals surface area contributed by atoms with Gasteiger partial charge in [0.15, 0.2) is 23.1 Å². The van der Waals surface area contributed by atoms with Crippen LogP contribution >= 0.6 is 0 Å². The average molecular weight is 418 g/mol. The first-order valence-corrected chi connectivity index (χ1v) is 9.07. The minimum atomic E-state index is -0.699. The third kappa shape index (κ3) is 6.59. The lowest BCUT2D eigenvalue weighted by atomic mass is 10.0. The van der Waals surface area contributed by atoms with E-state index in [4.69, 9.17) is 18.9 Å². The zero-order valence-corrected chi connectivity index (χ0v) is 16.8. The molecule has 0 saturated heterocycles. The van der Waals surface area contributed by atoms with Gasteiger partial charge in [0.05, 0.1) is 6.61 Å². The minimum Gasteiger partial charge on any atom is -0.487 e. The SMILES string of the molecule is C=C(C)C(=O)Oc1ccc(-c2ccc(OCCOC=O)c(OCCOC)c2)cc1F. The first-order valence-electron chi connectivity index (χ1n) is 9.07. The van der Waals surface area contributed by atoms with Crippen LogP contribution in [0.3, 0.4) is 0 Å². The topological polar surface area (TPSA) is 80.3 Å². The molecule has 7 nitrogen and oxygen atoms in total. The normalized spacial score (nSPS) is 10.2. The molecular weight excluding hydrogens is 395 g/mol. The van der Waals surface area contributed by atoms with E-state index in [1.54, 1.807) is 31.4 Å². The number of methoxy groups -OCH3 is 1. The number of rotatable bonds is 12. The largest absolute Gasteiger partial charge is 0.487 e. The van der Waals surface area contributed by atoms with Crippen molar-refractivity contribution in [3.8, 4) is 28.4 Å². The molecule has 0 spiro atoms. The van der Waals surface area contributed by atoms with Crippen LogP contribution in [-0.4, -0.2) is 46.0 Å². The van der Waals surface area contributed by atoms with Gasteiger partial charge in [0.1, 0.15) is 19.8 Å². The summed E-state index contributed by atoms with van der Waals surface area (Å²) in [6.07, 6.45) is 0. The number of halogens is 1. The molecule has 0 aromatic heterocycles. The van der Waals surface area contributed by atoms with Crippen molar-refractivity contribution in [2.24, 2.45) is 0 Å². The zero-order valence-electron chi connectivity index (χ0n) is 16.8. The van der Waals surface area contributed by atoms with Crippen LogP contribution in [0.5, 0.6) is 17.2 Å². The number of benzene rings is 2. The average Bonchev–Trinajstić information content (AvgIpc) is 2.73. The number of hydrogen-bond donors (Lipinski definition) is 0. The van der Waals surface area contributed by atoms with Crippen LogP contribution < -0.4 is 14.2 Å². The number of carbonyl (C=O) groups is 2. The van der Waals surface area contributed by atoms with Gasteiger partial charge in [-0.15, -0.1) is 0 Å². The number of hydrogen-bond acceptors (Lipinski definition) is 7. The summed E-state index contributed by atoms with van der Waals surface area (Å²) in [6, 6.07) is 9.35. The summed E-state index contributed by atoms with van der Waals surface area (Å²) in [5, 5.41) is 0. The molecule has 0 saturated carbocycles. The highest BCUT2D eigenvalue weighted by molar-refractivity contribution is 5.88. The van der Waals surface area contributed by atoms with Crippen LogP contribution in [0.1, 0.15) is 6.92 Å². The Morgan fingerprint density at radius 1 is 0.967 bits per heavy atom. The van der Waals surface area contributed by atoms with Gasteiger partial charge in [0, 0.05) is 12.7 Å². The molecule has 30 heavy (non-hydrogen) atoms. The lowest BCUT2D eigenvalue weighted by Gasteiger charge is -2.14. The van der Waals surface area contributed by atoms with E-state index in [1.807, 2.05) is 0 Å². The van der Waals surface area contributed by atoms with E-state index < -0.39 is 11.8 Å². The Morgan fingerprint density at radius 2 is 1.60 bits per heavy atom. The molecule has 2 rings (SSSR count). The molecule has 0 aliphatic rings. The minimum absolute atomic E-state index is 0.0956. The molecule has 0 heterocycles. The summed E-state index contributed by atoms with van der Waals surface area (Å²) < 4.78 is 40.2. The fraction of sp³-hybridized carbons (Fsp3) is 0.273. The highest BCUT2D eigenvalue weighted by atomic mass is 19.1. The second kappa shape index (κ2) is 11.6. The van der Waals surface area contributed by atoms with Crippen molar-refractivity contribution in [3.63, 3.8) is 0 Å². The van der Waals surface area contributed by atoms with Crippen molar-refractivity contribution < 1.29 is 37.7 Å². The van der Waals surface area contributed by atoms with Crippen LogP contribution in [0, 0.1) is 5.82 Å². The van der Waals surface area contributed by atoms with Crippen molar-refractivity contribution in [1.82, 2.24) is 0 Å². The molecule has 0 unspecified atom stereocenters. The van der Waals surface area contributed by atoms with E-state index in [9.17, 15) is 14.0 Å². The van der Waals surface area contributed by atoms with Crippen LogP contribution in [0.25, 0.3) is 11.1 Å². The second-order valence-electron chi connectivity index (χ2n) is 6.13. The van der Waals surface area contributed by atoms with Gasteiger partial charge in [0.2, 0.25) is 0 Å². The van der Waals surface area contributed by atoms with Crippen molar-refractivity contribution in [2.45, 2.75) is 6.92 Å². The van der Waals surface area contributed by atoms with Gasteiger partial charge in [-0.05, 0) is 42.3 Å². The van der Waals surface area contributed by atoms with Crippen LogP contribution in [-0.2, 0) is 19.1 Å². The Hall–Kier alpha value is -3.39. The monoisotopic (exact) mass is 418 g/mol. The molecule has 0 bridgehead atoms. The smallest absolute Gasteiger partial charge is 0.338 e. The van der Waals surface area contributed by atoms with E-state index in [-0.39, 0.29) is 31.1 Å². The predicted molar refractivity (Wildman–Crippen MR) is 107 cm³/mol. The fourth-order valence-electron chi connectivity index (χ4n) is 2.35. The van der Waals surface area contributed by atoms with Crippen LogP contribution in [0.4, 0.5) is 4.39 Å². The summed E-state index contributed by atoms with van der Waals surface area (Å²) in [7, 11) is 1.55. The van der Waals surface area contributed by atoms with Gasteiger partial charge in [-0.25, -0.2) is 9.18 Å². The van der Waals surface area contributed by atoms with Gasteiger partial charge in [-0.3, -0.25) is 4.79 Å². The van der Waals surface area contributed by atoms with Gasteiger partial charge in [-0.2, -0.15) is 0 Å². The Kier molecular flexibility index (Phi) is 8.83. The molecule has 0 N–H and O–H groups in total. The Morgan fingerprint density at radius 3 is 2.23 bits per heavy atom. The van der Waals surface area contributed by atoms with Gasteiger partial charge in [0.25, 0.3) is 6.47 Å². The molecule has 0 aliphatic carbocycles. The summed E-state index contributed by atoms with van der Waals surface area (Å²) in [6.45, 7) is 6.19. The molecule has 160 valence electrons. The van der Waals surface area contributed by atoms with E-state index in [2.05, 4.69) is 11.3 Å². The first kappa shape index (κ1) is 22.9. The lowest BCUT2D eigenvalue weighted by molar-refractivity contribution is -0.130. The van der Waals surface area contributed by atoms with Crippen LogP contribution in [0.15, 0.2) is 48.6 Å². The quantitative estimate of drug-likeness (QED) is 0.171. The van der Waals surface area contributed by atoms with E-state index in [1.165, 1.54) is 19.1 Å². The molecule has 2 aromatic carbocycles. The molecule has 0 aliphatic heterocycles. The van der Waals surface area contributed by atoms with Gasteiger partial charge in [-0.1, -0.05) is 18.7 Å². The predicted octanol–water partition coefficient (Wildman–Crippen LogP) is 3.55. The van der Waals surface area contributed by atoms with E-state index in [0.29, 0.717) is 35.7 Å². The highest BCUT2D eigenvalue weighted by Crippen LogP contribution is 2.34.